The number of carbonyl (C=O) groups is 3. The zero-order chi connectivity index (χ0) is 27.2. The number of hydrogen-bond acceptors (Lipinski definition) is 7. The van der Waals surface area contributed by atoms with Crippen molar-refractivity contribution >= 4 is 28.0 Å². The molecule has 3 aliphatic rings. The van der Waals surface area contributed by atoms with Gasteiger partial charge in [-0.3, -0.25) is 14.1 Å². The van der Waals surface area contributed by atoms with E-state index >= 15 is 0 Å². The van der Waals surface area contributed by atoms with E-state index in [1.165, 1.54) is 0 Å². The van der Waals surface area contributed by atoms with Crippen molar-refractivity contribution in [2.45, 2.75) is 107 Å². The van der Waals surface area contributed by atoms with E-state index in [0.29, 0.717) is 13.0 Å². The smallest absolute Gasteiger partial charge is 0.408 e. The van der Waals surface area contributed by atoms with E-state index in [4.69, 9.17) is 4.74 Å². The van der Waals surface area contributed by atoms with Crippen molar-refractivity contribution in [3.63, 3.8) is 0 Å². The summed E-state index contributed by atoms with van der Waals surface area (Å²) in [5, 5.41) is 17.7. The minimum absolute atomic E-state index is 0.00795. The summed E-state index contributed by atoms with van der Waals surface area (Å²) in [5.41, 5.74) is -2.38. The van der Waals surface area contributed by atoms with Crippen molar-refractivity contribution in [1.82, 2.24) is 16.0 Å². The maximum atomic E-state index is 13.4. The second kappa shape index (κ2) is 12.7. The van der Waals surface area contributed by atoms with Crippen molar-refractivity contribution in [2.24, 2.45) is 11.8 Å². The fourth-order valence-electron chi connectivity index (χ4n) is 5.36. The van der Waals surface area contributed by atoms with Gasteiger partial charge in [0.25, 0.3) is 10.1 Å². The summed E-state index contributed by atoms with van der Waals surface area (Å²) in [5.74, 6) is -4.53. The number of alkyl halides is 2. The van der Waals surface area contributed by atoms with Crippen molar-refractivity contribution < 1.29 is 46.0 Å². The highest BCUT2D eigenvalue weighted by molar-refractivity contribution is 7.86. The Morgan fingerprint density at radius 1 is 1.05 bits per heavy atom. The average Bonchev–Trinajstić information content (AvgIpc) is 3.23. The fraction of sp³-hybridized carbons (Fsp3) is 0.870. The molecule has 3 fully saturated rings. The van der Waals surface area contributed by atoms with Crippen LogP contribution in [-0.2, 0) is 24.4 Å². The number of aliphatic hydroxyl groups is 1. The quantitative estimate of drug-likeness (QED) is 0.255. The number of nitrogens with one attached hydrogen (secondary N) is 3. The van der Waals surface area contributed by atoms with Gasteiger partial charge in [-0.25, -0.2) is 13.6 Å². The van der Waals surface area contributed by atoms with E-state index in [2.05, 4.69) is 16.0 Å². The topological polar surface area (TPSA) is 171 Å². The second-order valence-electron chi connectivity index (χ2n) is 10.4. The minimum atomic E-state index is -4.98. The molecule has 5 N–H and O–H groups in total. The molecule has 2 aliphatic carbocycles. The van der Waals surface area contributed by atoms with Crippen LogP contribution in [0.5, 0.6) is 0 Å². The van der Waals surface area contributed by atoms with Gasteiger partial charge in [-0.2, -0.15) is 8.42 Å². The number of alkyl carbamates (subject to hydrolysis) is 1. The van der Waals surface area contributed by atoms with Gasteiger partial charge in [-0.15, -0.1) is 0 Å². The SMILES string of the molecule is O=C(N[C@@H](CC1CCCCC1)C(=O)N[C@@H](C[C@@H]1CCNC1=O)C(O)S(=O)(=O)O)OC1CCC(F)(F)CC1. The molecule has 1 aliphatic heterocycles. The lowest BCUT2D eigenvalue weighted by Crippen LogP contribution is -2.55. The van der Waals surface area contributed by atoms with E-state index < -0.39 is 70.4 Å². The molecule has 0 aromatic heterocycles. The van der Waals surface area contributed by atoms with Crippen LogP contribution in [0.1, 0.15) is 77.0 Å². The Hall–Kier alpha value is -2.06. The number of halogens is 2. The minimum Gasteiger partial charge on any atom is -0.446 e. The molecule has 3 amide bonds. The molecule has 0 bridgehead atoms. The number of rotatable bonds is 10. The molecule has 1 unspecified atom stereocenters. The Kier molecular flexibility index (Phi) is 10.1. The molecule has 3 rings (SSSR count). The van der Waals surface area contributed by atoms with Crippen LogP contribution in [0.3, 0.4) is 0 Å². The number of amides is 3. The van der Waals surface area contributed by atoms with E-state index in [-0.39, 0.29) is 37.5 Å². The summed E-state index contributed by atoms with van der Waals surface area (Å²) in [7, 11) is -4.98. The van der Waals surface area contributed by atoms with Crippen LogP contribution in [0.25, 0.3) is 0 Å². The van der Waals surface area contributed by atoms with E-state index in [1.54, 1.807) is 0 Å². The molecular weight excluding hydrogens is 516 g/mol. The normalized spacial score (nSPS) is 25.5. The summed E-state index contributed by atoms with van der Waals surface area (Å²) >= 11 is 0. The highest BCUT2D eigenvalue weighted by Crippen LogP contribution is 2.34. The predicted octanol–water partition coefficient (Wildman–Crippen LogP) is 1.85. The van der Waals surface area contributed by atoms with Gasteiger partial charge in [0, 0.05) is 25.3 Å². The summed E-state index contributed by atoms with van der Waals surface area (Å²) in [6.07, 6.45) is 2.50. The van der Waals surface area contributed by atoms with E-state index in [1.807, 2.05) is 0 Å². The van der Waals surface area contributed by atoms with Crippen LogP contribution in [0.2, 0.25) is 0 Å². The number of aliphatic hydroxyl groups excluding tert-OH is 1. The van der Waals surface area contributed by atoms with Gasteiger partial charge in [0.1, 0.15) is 12.1 Å². The Morgan fingerprint density at radius 2 is 1.70 bits per heavy atom. The maximum Gasteiger partial charge on any atom is 0.408 e. The average molecular weight is 554 g/mol. The third-order valence-electron chi connectivity index (χ3n) is 7.52. The molecule has 0 spiro atoms. The van der Waals surface area contributed by atoms with Crippen LogP contribution in [-0.4, -0.2) is 72.1 Å². The highest BCUT2D eigenvalue weighted by atomic mass is 32.2. The molecule has 0 radical (unpaired) electrons. The standard InChI is InChI=1S/C23H37F2N3O8S/c24-23(25)9-6-16(7-10-23)36-22(32)28-17(12-14-4-2-1-3-5-14)20(30)27-18(21(31)37(33,34)35)13-15-8-11-26-19(15)29/h14-18,21,31H,1-13H2,(H,26,29)(H,27,30)(H,28,32)(H,33,34,35)/t15-,17-,18-,21?/m0/s1. The fourth-order valence-corrected chi connectivity index (χ4v) is 5.96. The van der Waals surface area contributed by atoms with Crippen molar-refractivity contribution in [1.29, 1.82) is 0 Å². The van der Waals surface area contributed by atoms with Crippen LogP contribution in [0.4, 0.5) is 13.6 Å². The van der Waals surface area contributed by atoms with Crippen LogP contribution >= 0.6 is 0 Å². The van der Waals surface area contributed by atoms with Gasteiger partial charge in [0.2, 0.25) is 23.2 Å². The van der Waals surface area contributed by atoms with Gasteiger partial charge >= 0.3 is 6.09 Å². The van der Waals surface area contributed by atoms with Crippen LogP contribution < -0.4 is 16.0 Å². The van der Waals surface area contributed by atoms with Gasteiger partial charge in [0.15, 0.2) is 0 Å². The summed E-state index contributed by atoms with van der Waals surface area (Å²) in [6, 6.07) is -2.67. The zero-order valence-corrected chi connectivity index (χ0v) is 21.5. The summed E-state index contributed by atoms with van der Waals surface area (Å²) < 4.78 is 64.8. The molecule has 4 atom stereocenters. The molecule has 0 aromatic rings. The second-order valence-corrected chi connectivity index (χ2v) is 11.9. The lowest BCUT2D eigenvalue weighted by atomic mass is 9.84. The largest absolute Gasteiger partial charge is 0.446 e. The third-order valence-corrected chi connectivity index (χ3v) is 8.46. The zero-order valence-electron chi connectivity index (χ0n) is 20.7. The van der Waals surface area contributed by atoms with Crippen LogP contribution in [0, 0.1) is 11.8 Å². The Balaban J connectivity index is 1.69. The summed E-state index contributed by atoms with van der Waals surface area (Å²) in [4.78, 5) is 37.9. The molecular formula is C23H37F2N3O8S. The first-order chi connectivity index (χ1) is 17.3. The summed E-state index contributed by atoms with van der Waals surface area (Å²) in [6.45, 7) is 0.358. The molecule has 2 saturated carbocycles. The lowest BCUT2D eigenvalue weighted by Gasteiger charge is -2.31. The molecule has 212 valence electrons. The molecule has 0 aromatic carbocycles. The molecule has 14 heteroatoms. The molecule has 11 nitrogen and oxygen atoms in total. The van der Waals surface area contributed by atoms with E-state index in [0.717, 1.165) is 32.1 Å². The number of ether oxygens (including phenoxy) is 1. The highest BCUT2D eigenvalue weighted by Gasteiger charge is 2.39. The molecule has 37 heavy (non-hydrogen) atoms. The first-order valence-electron chi connectivity index (χ1n) is 12.9. The van der Waals surface area contributed by atoms with Crippen LogP contribution in [0.15, 0.2) is 0 Å². The third kappa shape index (κ3) is 9.02. The van der Waals surface area contributed by atoms with Crippen molar-refractivity contribution in [2.75, 3.05) is 6.54 Å². The van der Waals surface area contributed by atoms with Gasteiger partial charge in [-0.1, -0.05) is 32.1 Å². The first kappa shape index (κ1) is 29.5. The molecule has 1 heterocycles. The van der Waals surface area contributed by atoms with Crippen molar-refractivity contribution in [3.8, 4) is 0 Å². The Bertz CT molecular complexity index is 919. The predicted molar refractivity (Wildman–Crippen MR) is 127 cm³/mol. The molecule has 1 saturated heterocycles. The van der Waals surface area contributed by atoms with E-state index in [9.17, 15) is 41.2 Å². The number of hydrogen-bond donors (Lipinski definition) is 5. The van der Waals surface area contributed by atoms with Gasteiger partial charge in [0.05, 0.1) is 6.04 Å². The van der Waals surface area contributed by atoms with Gasteiger partial charge in [-0.05, 0) is 38.0 Å². The monoisotopic (exact) mass is 553 g/mol. The Labute approximate surface area is 215 Å². The lowest BCUT2D eigenvalue weighted by molar-refractivity contribution is -0.126. The Morgan fingerprint density at radius 3 is 2.27 bits per heavy atom. The first-order valence-corrected chi connectivity index (χ1v) is 14.4. The van der Waals surface area contributed by atoms with Gasteiger partial charge < -0.3 is 25.8 Å². The maximum absolute atomic E-state index is 13.4. The number of carbonyl (C=O) groups excluding carboxylic acids is 3. The van der Waals surface area contributed by atoms with Crippen molar-refractivity contribution in [3.05, 3.63) is 0 Å².